The summed E-state index contributed by atoms with van der Waals surface area (Å²) in [4.78, 5) is 14.5. The van der Waals surface area contributed by atoms with Crippen molar-refractivity contribution < 1.29 is 4.79 Å². The fourth-order valence-corrected chi connectivity index (χ4v) is 3.24. The molecule has 1 aliphatic carbocycles. The van der Waals surface area contributed by atoms with E-state index in [1.807, 2.05) is 0 Å². The predicted molar refractivity (Wildman–Crippen MR) is 71.4 cm³/mol. The summed E-state index contributed by atoms with van der Waals surface area (Å²) in [5.41, 5.74) is 0. The molecule has 4 nitrogen and oxygen atoms in total. The third kappa shape index (κ3) is 3.04. The maximum absolute atomic E-state index is 11.8. The zero-order valence-electron chi connectivity index (χ0n) is 11.2. The molecule has 2 unspecified atom stereocenters. The van der Waals surface area contributed by atoms with Crippen LogP contribution in [0.4, 0.5) is 0 Å². The first kappa shape index (κ1) is 12.4. The summed E-state index contributed by atoms with van der Waals surface area (Å²) < 4.78 is 0. The molecular weight excluding hydrogens is 226 g/mol. The highest BCUT2D eigenvalue weighted by atomic mass is 16.2. The zero-order valence-corrected chi connectivity index (χ0v) is 11.2. The van der Waals surface area contributed by atoms with Crippen molar-refractivity contribution in [1.82, 2.24) is 15.5 Å². The molecule has 0 bridgehead atoms. The lowest BCUT2D eigenvalue weighted by Gasteiger charge is -2.19. The summed E-state index contributed by atoms with van der Waals surface area (Å²) in [6.45, 7) is 4.39. The maximum atomic E-state index is 11.8. The number of likely N-dealkylation sites (tertiary alicyclic amines) is 1. The summed E-state index contributed by atoms with van der Waals surface area (Å²) in [7, 11) is 0. The lowest BCUT2D eigenvalue weighted by Crippen LogP contribution is -2.44. The number of hydrogen-bond acceptors (Lipinski definition) is 3. The molecule has 2 atom stereocenters. The molecule has 0 radical (unpaired) electrons. The van der Waals surface area contributed by atoms with Gasteiger partial charge >= 0.3 is 0 Å². The first-order chi connectivity index (χ1) is 8.83. The van der Waals surface area contributed by atoms with Gasteiger partial charge in [-0.25, -0.2) is 0 Å². The van der Waals surface area contributed by atoms with Gasteiger partial charge in [-0.2, -0.15) is 0 Å². The second kappa shape index (κ2) is 5.57. The summed E-state index contributed by atoms with van der Waals surface area (Å²) in [5.74, 6) is 0.964. The quantitative estimate of drug-likeness (QED) is 0.774. The number of amides is 1. The van der Waals surface area contributed by atoms with Crippen LogP contribution in [0, 0.1) is 5.92 Å². The second-order valence-electron chi connectivity index (χ2n) is 6.13. The molecule has 0 spiro atoms. The van der Waals surface area contributed by atoms with Gasteiger partial charge in [0.05, 0.1) is 6.04 Å². The average molecular weight is 251 g/mol. The first-order valence-corrected chi connectivity index (χ1v) is 7.58. The van der Waals surface area contributed by atoms with E-state index in [9.17, 15) is 4.79 Å². The Morgan fingerprint density at radius 1 is 1.22 bits per heavy atom. The monoisotopic (exact) mass is 251 g/mol. The third-order valence-corrected chi connectivity index (χ3v) is 4.57. The number of hydrogen-bond donors (Lipinski definition) is 2. The van der Waals surface area contributed by atoms with Crippen molar-refractivity contribution >= 4 is 5.91 Å². The smallest absolute Gasteiger partial charge is 0.237 e. The lowest BCUT2D eigenvalue weighted by molar-refractivity contribution is -0.122. The van der Waals surface area contributed by atoms with Gasteiger partial charge in [0.2, 0.25) is 5.91 Å². The topological polar surface area (TPSA) is 44.4 Å². The molecule has 2 heterocycles. The van der Waals surface area contributed by atoms with Crippen LogP contribution in [0.3, 0.4) is 0 Å². The van der Waals surface area contributed by atoms with Gasteiger partial charge < -0.3 is 15.5 Å². The van der Waals surface area contributed by atoms with Gasteiger partial charge in [0.1, 0.15) is 0 Å². The Hall–Kier alpha value is -0.610. The summed E-state index contributed by atoms with van der Waals surface area (Å²) in [6.07, 6.45) is 7.41. The highest BCUT2D eigenvalue weighted by Crippen LogP contribution is 2.31. The Balaban J connectivity index is 1.41. The van der Waals surface area contributed by atoms with Crippen LogP contribution in [0.15, 0.2) is 0 Å². The lowest BCUT2D eigenvalue weighted by atomic mass is 10.1. The summed E-state index contributed by atoms with van der Waals surface area (Å²) in [6, 6.07) is 0.957. The van der Waals surface area contributed by atoms with E-state index in [0.29, 0.717) is 0 Å². The van der Waals surface area contributed by atoms with Crippen molar-refractivity contribution in [1.29, 1.82) is 0 Å². The highest BCUT2D eigenvalue weighted by molar-refractivity contribution is 5.81. The van der Waals surface area contributed by atoms with E-state index in [0.717, 1.165) is 44.3 Å². The summed E-state index contributed by atoms with van der Waals surface area (Å²) in [5, 5.41) is 6.49. The molecule has 3 fully saturated rings. The Morgan fingerprint density at radius 2 is 2.11 bits per heavy atom. The SMILES string of the molecule is O=C1NCCCCC1NCC1CCN(C2CC2)C1. The Bertz CT molecular complexity index is 303. The third-order valence-electron chi connectivity index (χ3n) is 4.57. The van der Waals surface area contributed by atoms with Gasteiger partial charge in [-0.1, -0.05) is 0 Å². The van der Waals surface area contributed by atoms with Gasteiger partial charge in [-0.15, -0.1) is 0 Å². The maximum Gasteiger partial charge on any atom is 0.237 e. The molecule has 18 heavy (non-hydrogen) atoms. The normalized spacial score (nSPS) is 34.3. The molecule has 102 valence electrons. The standard InChI is InChI=1S/C14H25N3O/c18-14-13(3-1-2-7-15-14)16-9-11-6-8-17(10-11)12-4-5-12/h11-13,16H,1-10H2,(H,15,18). The fourth-order valence-electron chi connectivity index (χ4n) is 3.24. The van der Waals surface area contributed by atoms with E-state index in [4.69, 9.17) is 0 Å². The average Bonchev–Trinajstić information content (AvgIpc) is 3.15. The number of rotatable bonds is 4. The van der Waals surface area contributed by atoms with Crippen molar-refractivity contribution in [3.05, 3.63) is 0 Å². The zero-order chi connectivity index (χ0) is 12.4. The van der Waals surface area contributed by atoms with Gasteiger partial charge in [-0.05, 0) is 57.5 Å². The molecule has 2 saturated heterocycles. The van der Waals surface area contributed by atoms with E-state index in [2.05, 4.69) is 15.5 Å². The first-order valence-electron chi connectivity index (χ1n) is 7.58. The number of carbonyl (C=O) groups is 1. The van der Waals surface area contributed by atoms with Crippen LogP contribution in [-0.2, 0) is 4.79 Å². The minimum atomic E-state index is 0.0578. The molecule has 2 aliphatic heterocycles. The van der Waals surface area contributed by atoms with Crippen molar-refractivity contribution in [2.45, 2.75) is 50.6 Å². The van der Waals surface area contributed by atoms with Crippen LogP contribution in [0.1, 0.15) is 38.5 Å². The van der Waals surface area contributed by atoms with Crippen LogP contribution in [-0.4, -0.2) is 49.1 Å². The summed E-state index contributed by atoms with van der Waals surface area (Å²) >= 11 is 0. The van der Waals surface area contributed by atoms with Crippen LogP contribution >= 0.6 is 0 Å². The van der Waals surface area contributed by atoms with E-state index in [1.165, 1.54) is 32.4 Å². The van der Waals surface area contributed by atoms with Crippen LogP contribution in [0.5, 0.6) is 0 Å². The number of nitrogens with one attached hydrogen (secondary N) is 2. The largest absolute Gasteiger partial charge is 0.355 e. The minimum absolute atomic E-state index is 0.0578. The van der Waals surface area contributed by atoms with E-state index >= 15 is 0 Å². The van der Waals surface area contributed by atoms with Crippen molar-refractivity contribution in [3.8, 4) is 0 Å². The molecule has 0 aromatic carbocycles. The van der Waals surface area contributed by atoms with E-state index in [-0.39, 0.29) is 11.9 Å². The molecule has 3 rings (SSSR count). The number of carbonyl (C=O) groups excluding carboxylic acids is 1. The Labute approximate surface area is 109 Å². The molecule has 4 heteroatoms. The minimum Gasteiger partial charge on any atom is -0.355 e. The van der Waals surface area contributed by atoms with Gasteiger partial charge in [0.15, 0.2) is 0 Å². The van der Waals surface area contributed by atoms with Gasteiger partial charge in [0, 0.05) is 19.1 Å². The molecular formula is C14H25N3O. The molecule has 2 N–H and O–H groups in total. The van der Waals surface area contributed by atoms with E-state index in [1.54, 1.807) is 0 Å². The van der Waals surface area contributed by atoms with Crippen molar-refractivity contribution in [3.63, 3.8) is 0 Å². The van der Waals surface area contributed by atoms with E-state index < -0.39 is 0 Å². The van der Waals surface area contributed by atoms with Crippen LogP contribution in [0.2, 0.25) is 0 Å². The number of nitrogens with zero attached hydrogens (tertiary/aromatic N) is 1. The highest BCUT2D eigenvalue weighted by Gasteiger charge is 2.34. The Kier molecular flexibility index (Phi) is 3.85. The molecule has 0 aromatic rings. The predicted octanol–water partition coefficient (Wildman–Crippen LogP) is 0.729. The van der Waals surface area contributed by atoms with Gasteiger partial charge in [0.25, 0.3) is 0 Å². The Morgan fingerprint density at radius 3 is 2.94 bits per heavy atom. The van der Waals surface area contributed by atoms with Gasteiger partial charge in [-0.3, -0.25) is 4.79 Å². The molecule has 1 amide bonds. The van der Waals surface area contributed by atoms with Crippen molar-refractivity contribution in [2.24, 2.45) is 5.92 Å². The van der Waals surface area contributed by atoms with Crippen LogP contribution in [0.25, 0.3) is 0 Å². The van der Waals surface area contributed by atoms with Crippen molar-refractivity contribution in [2.75, 3.05) is 26.2 Å². The second-order valence-corrected chi connectivity index (χ2v) is 6.13. The van der Waals surface area contributed by atoms with Crippen LogP contribution < -0.4 is 10.6 Å². The fraction of sp³-hybridized carbons (Fsp3) is 0.929. The molecule has 1 saturated carbocycles. The molecule has 0 aromatic heterocycles. The molecule has 3 aliphatic rings.